The van der Waals surface area contributed by atoms with E-state index < -0.39 is 0 Å². The Balaban J connectivity index is 2.84. The molecule has 1 aromatic heterocycles. The Hall–Kier alpha value is -0.940. The molecule has 2 N–H and O–H groups in total. The van der Waals surface area contributed by atoms with Crippen LogP contribution in [0.1, 0.15) is 27.3 Å². The van der Waals surface area contributed by atoms with Gasteiger partial charge in [0.1, 0.15) is 0 Å². The molecule has 0 aliphatic carbocycles. The Morgan fingerprint density at radius 1 is 1.69 bits per heavy atom. The van der Waals surface area contributed by atoms with Crippen LogP contribution in [0, 0.1) is 6.92 Å². The molecule has 1 heterocycles. The molecule has 0 unspecified atom stereocenters. The molecule has 0 aliphatic heterocycles. The largest absolute Gasteiger partial charge is 0.461 e. The number of rotatable bonds is 3. The minimum Gasteiger partial charge on any atom is -0.461 e. The maximum absolute atomic E-state index is 11.2. The molecule has 0 bridgehead atoms. The van der Waals surface area contributed by atoms with Crippen molar-refractivity contribution < 1.29 is 9.53 Å². The van der Waals surface area contributed by atoms with Gasteiger partial charge in [-0.3, -0.25) is 0 Å². The maximum atomic E-state index is 11.2. The van der Waals surface area contributed by atoms with Gasteiger partial charge in [0.2, 0.25) is 5.01 Å². The summed E-state index contributed by atoms with van der Waals surface area (Å²) in [4.78, 5) is 16.2. The van der Waals surface area contributed by atoms with Crippen molar-refractivity contribution in [3.63, 3.8) is 0 Å². The van der Waals surface area contributed by atoms with Crippen LogP contribution < -0.4 is 5.73 Å². The fourth-order valence-corrected chi connectivity index (χ4v) is 1.73. The molecule has 0 spiro atoms. The highest BCUT2D eigenvalue weighted by Gasteiger charge is 2.13. The second kappa shape index (κ2) is 4.34. The minimum atomic E-state index is -0.365. The number of nitrogens with two attached hydrogens (primary N) is 1. The SMILES string of the molecule is CCOC(=O)c1nc(C)c(CN)s1. The fourth-order valence-electron chi connectivity index (χ4n) is 0.898. The van der Waals surface area contributed by atoms with Crippen molar-refractivity contribution in [3.8, 4) is 0 Å². The first-order valence-electron chi connectivity index (χ1n) is 4.02. The van der Waals surface area contributed by atoms with Crippen molar-refractivity contribution in [2.75, 3.05) is 6.61 Å². The van der Waals surface area contributed by atoms with Gasteiger partial charge in [-0.15, -0.1) is 11.3 Å². The molecule has 1 rings (SSSR count). The van der Waals surface area contributed by atoms with E-state index in [4.69, 9.17) is 10.5 Å². The number of nitrogens with zero attached hydrogens (tertiary/aromatic N) is 1. The zero-order valence-corrected chi connectivity index (χ0v) is 8.48. The Kier molecular flexibility index (Phi) is 3.39. The Morgan fingerprint density at radius 2 is 2.38 bits per heavy atom. The number of thiazole rings is 1. The molecule has 0 aromatic carbocycles. The van der Waals surface area contributed by atoms with Crippen LogP contribution in [0.5, 0.6) is 0 Å². The van der Waals surface area contributed by atoms with Gasteiger partial charge in [-0.1, -0.05) is 0 Å². The summed E-state index contributed by atoms with van der Waals surface area (Å²) in [6.45, 7) is 4.39. The van der Waals surface area contributed by atoms with Crippen LogP contribution in [0.4, 0.5) is 0 Å². The van der Waals surface area contributed by atoms with Gasteiger partial charge < -0.3 is 10.5 Å². The van der Waals surface area contributed by atoms with E-state index in [1.54, 1.807) is 6.92 Å². The number of carbonyl (C=O) groups is 1. The summed E-state index contributed by atoms with van der Waals surface area (Å²) in [5.41, 5.74) is 6.27. The summed E-state index contributed by atoms with van der Waals surface area (Å²) in [7, 11) is 0. The number of esters is 1. The maximum Gasteiger partial charge on any atom is 0.367 e. The average Bonchev–Trinajstić information content (AvgIpc) is 2.47. The van der Waals surface area contributed by atoms with Crippen LogP contribution >= 0.6 is 11.3 Å². The smallest absolute Gasteiger partial charge is 0.367 e. The minimum absolute atomic E-state index is 0.365. The molecule has 0 saturated carbocycles. The summed E-state index contributed by atoms with van der Waals surface area (Å²) in [6.07, 6.45) is 0. The second-order valence-corrected chi connectivity index (χ2v) is 3.54. The third kappa shape index (κ3) is 2.26. The third-order valence-corrected chi connectivity index (χ3v) is 2.69. The topological polar surface area (TPSA) is 65.2 Å². The quantitative estimate of drug-likeness (QED) is 0.742. The van der Waals surface area contributed by atoms with E-state index in [9.17, 15) is 4.79 Å². The van der Waals surface area contributed by atoms with Crippen LogP contribution in [-0.2, 0) is 11.3 Å². The number of aryl methyl sites for hydroxylation is 1. The lowest BCUT2D eigenvalue weighted by Gasteiger charge is -1.95. The van der Waals surface area contributed by atoms with E-state index >= 15 is 0 Å². The molecule has 1 aromatic rings. The van der Waals surface area contributed by atoms with Crippen LogP contribution in [0.25, 0.3) is 0 Å². The summed E-state index contributed by atoms with van der Waals surface area (Å²) in [5.74, 6) is -0.365. The predicted molar refractivity (Wildman–Crippen MR) is 50.7 cm³/mol. The lowest BCUT2D eigenvalue weighted by molar-refractivity contribution is 0.0526. The highest BCUT2D eigenvalue weighted by molar-refractivity contribution is 7.13. The molecule has 5 heteroatoms. The Morgan fingerprint density at radius 3 is 2.85 bits per heavy atom. The van der Waals surface area contributed by atoms with E-state index in [-0.39, 0.29) is 5.97 Å². The second-order valence-electron chi connectivity index (χ2n) is 2.45. The molecule has 4 nitrogen and oxygen atoms in total. The summed E-state index contributed by atoms with van der Waals surface area (Å²) in [5, 5.41) is 0.389. The van der Waals surface area contributed by atoms with Crippen LogP contribution in [-0.4, -0.2) is 17.6 Å². The molecule has 72 valence electrons. The average molecular weight is 200 g/mol. The highest BCUT2D eigenvalue weighted by Crippen LogP contribution is 2.17. The first kappa shape index (κ1) is 10.1. The van der Waals surface area contributed by atoms with Gasteiger partial charge >= 0.3 is 5.97 Å². The van der Waals surface area contributed by atoms with Crippen molar-refractivity contribution in [3.05, 3.63) is 15.6 Å². The van der Waals surface area contributed by atoms with Crippen LogP contribution in [0.3, 0.4) is 0 Å². The first-order chi connectivity index (χ1) is 6.19. The number of aromatic nitrogens is 1. The van der Waals surface area contributed by atoms with Crippen molar-refractivity contribution >= 4 is 17.3 Å². The van der Waals surface area contributed by atoms with Gasteiger partial charge in [-0.25, -0.2) is 9.78 Å². The molecule has 13 heavy (non-hydrogen) atoms. The zero-order valence-electron chi connectivity index (χ0n) is 7.66. The molecular formula is C8H12N2O2S. The van der Waals surface area contributed by atoms with Crippen molar-refractivity contribution in [2.24, 2.45) is 5.73 Å². The monoisotopic (exact) mass is 200 g/mol. The van der Waals surface area contributed by atoms with Crippen molar-refractivity contribution in [1.29, 1.82) is 0 Å². The number of ether oxygens (including phenoxy) is 1. The van der Waals surface area contributed by atoms with Gasteiger partial charge in [-0.05, 0) is 13.8 Å². The zero-order chi connectivity index (χ0) is 9.84. The van der Waals surface area contributed by atoms with Gasteiger partial charge in [0.25, 0.3) is 0 Å². The molecule has 0 fully saturated rings. The molecule has 0 saturated heterocycles. The van der Waals surface area contributed by atoms with Gasteiger partial charge in [-0.2, -0.15) is 0 Å². The fraction of sp³-hybridized carbons (Fsp3) is 0.500. The Bertz CT molecular complexity index is 309. The number of hydrogen-bond donors (Lipinski definition) is 1. The van der Waals surface area contributed by atoms with Crippen molar-refractivity contribution in [2.45, 2.75) is 20.4 Å². The predicted octanol–water partition coefficient (Wildman–Crippen LogP) is 1.09. The van der Waals surface area contributed by atoms with Crippen molar-refractivity contribution in [1.82, 2.24) is 4.98 Å². The molecular weight excluding hydrogens is 188 g/mol. The molecule has 0 atom stereocenters. The summed E-state index contributed by atoms with van der Waals surface area (Å²) in [6, 6.07) is 0. The number of hydrogen-bond acceptors (Lipinski definition) is 5. The molecule has 0 amide bonds. The lowest BCUT2D eigenvalue weighted by Crippen LogP contribution is -2.03. The van der Waals surface area contributed by atoms with E-state index in [0.717, 1.165) is 10.6 Å². The van der Waals surface area contributed by atoms with Gasteiger partial charge in [0.15, 0.2) is 0 Å². The summed E-state index contributed by atoms with van der Waals surface area (Å²) < 4.78 is 4.81. The molecule has 0 radical (unpaired) electrons. The van der Waals surface area contributed by atoms with E-state index in [1.165, 1.54) is 11.3 Å². The molecule has 0 aliphatic rings. The summed E-state index contributed by atoms with van der Waals surface area (Å²) >= 11 is 1.30. The van der Waals surface area contributed by atoms with E-state index in [0.29, 0.717) is 18.2 Å². The normalized spacial score (nSPS) is 10.1. The lowest BCUT2D eigenvalue weighted by atomic mass is 10.4. The standard InChI is InChI=1S/C8H12N2O2S/c1-3-12-8(11)7-10-5(2)6(4-9)13-7/h3-4,9H2,1-2H3. The highest BCUT2D eigenvalue weighted by atomic mass is 32.1. The van der Waals surface area contributed by atoms with Gasteiger partial charge in [0.05, 0.1) is 12.3 Å². The van der Waals surface area contributed by atoms with Crippen LogP contribution in [0.15, 0.2) is 0 Å². The third-order valence-electron chi connectivity index (χ3n) is 1.53. The number of carbonyl (C=O) groups excluding carboxylic acids is 1. The first-order valence-corrected chi connectivity index (χ1v) is 4.84. The van der Waals surface area contributed by atoms with E-state index in [2.05, 4.69) is 4.98 Å². The van der Waals surface area contributed by atoms with Gasteiger partial charge in [0, 0.05) is 11.4 Å². The Labute approximate surface area is 80.7 Å². The van der Waals surface area contributed by atoms with E-state index in [1.807, 2.05) is 6.92 Å². The van der Waals surface area contributed by atoms with Crippen LogP contribution in [0.2, 0.25) is 0 Å².